The Hall–Kier alpha value is -4.94. The molecule has 0 bridgehead atoms. The first kappa shape index (κ1) is 29.5. The minimum atomic E-state index is -3.69. The molecule has 5 rings (SSSR count). The second-order valence-electron chi connectivity index (χ2n) is 11.0. The first-order chi connectivity index (χ1) is 20.4. The number of hydrogen-bond acceptors (Lipinski definition) is 10. The van der Waals surface area contributed by atoms with Crippen LogP contribution >= 0.6 is 0 Å². The number of sulfonamides is 1. The van der Waals surface area contributed by atoms with Crippen LogP contribution in [0.5, 0.6) is 0 Å². The fourth-order valence-corrected chi connectivity index (χ4v) is 5.61. The van der Waals surface area contributed by atoms with Crippen molar-refractivity contribution in [2.24, 2.45) is 0 Å². The van der Waals surface area contributed by atoms with Crippen LogP contribution in [0.3, 0.4) is 0 Å². The maximum atomic E-state index is 12.8. The average Bonchev–Trinajstić information content (AvgIpc) is 2.96. The minimum Gasteiger partial charge on any atom is -0.340 e. The number of rotatable bonds is 9. The molecule has 0 spiro atoms. The molecule has 0 saturated heterocycles. The summed E-state index contributed by atoms with van der Waals surface area (Å²) >= 11 is 0. The molecule has 12 heteroatoms. The zero-order chi connectivity index (χ0) is 30.6. The molecule has 0 saturated carbocycles. The van der Waals surface area contributed by atoms with Crippen LogP contribution < -0.4 is 20.7 Å². The number of benzene rings is 2. The van der Waals surface area contributed by atoms with Crippen LogP contribution in [0.1, 0.15) is 31.9 Å². The van der Waals surface area contributed by atoms with E-state index in [2.05, 4.69) is 45.6 Å². The lowest BCUT2D eigenvalue weighted by atomic mass is 10.1. The third kappa shape index (κ3) is 7.67. The van der Waals surface area contributed by atoms with Crippen LogP contribution in [0.25, 0.3) is 11.3 Å². The van der Waals surface area contributed by atoms with E-state index in [0.717, 1.165) is 33.8 Å². The lowest BCUT2D eigenvalue weighted by Crippen LogP contribution is -2.40. The summed E-state index contributed by atoms with van der Waals surface area (Å²) in [6.45, 7) is 9.27. The molecule has 0 fully saturated rings. The van der Waals surface area contributed by atoms with E-state index < -0.39 is 15.6 Å². The highest BCUT2D eigenvalue weighted by molar-refractivity contribution is 7.89. The van der Waals surface area contributed by atoms with Gasteiger partial charge in [-0.2, -0.15) is 4.98 Å². The number of anilines is 6. The van der Waals surface area contributed by atoms with E-state index in [0.29, 0.717) is 23.4 Å². The SMILES string of the molecule is Cc1ccc(Nc2ncc(C)c(Nc3cccc(S(=O)(=O)NC(C)(C)C)c3)n2)cc1Nc1nccc(-c2cccnc2)n1. The van der Waals surface area contributed by atoms with Crippen molar-refractivity contribution in [2.75, 3.05) is 16.0 Å². The van der Waals surface area contributed by atoms with E-state index in [1.807, 2.05) is 50.2 Å². The fraction of sp³-hybridized carbons (Fsp3) is 0.194. The van der Waals surface area contributed by atoms with E-state index in [1.54, 1.807) is 69.8 Å². The van der Waals surface area contributed by atoms with Crippen LogP contribution in [0, 0.1) is 13.8 Å². The van der Waals surface area contributed by atoms with Crippen molar-refractivity contribution in [3.63, 3.8) is 0 Å². The predicted molar refractivity (Wildman–Crippen MR) is 170 cm³/mol. The molecule has 3 heterocycles. The number of nitrogens with zero attached hydrogens (tertiary/aromatic N) is 5. The summed E-state index contributed by atoms with van der Waals surface area (Å²) in [7, 11) is -3.69. The summed E-state index contributed by atoms with van der Waals surface area (Å²) in [5.74, 6) is 1.37. The normalized spacial score (nSPS) is 11.7. The van der Waals surface area contributed by atoms with E-state index in [4.69, 9.17) is 0 Å². The van der Waals surface area contributed by atoms with Gasteiger partial charge in [0.25, 0.3) is 0 Å². The third-order valence-electron chi connectivity index (χ3n) is 6.17. The second-order valence-corrected chi connectivity index (χ2v) is 12.7. The zero-order valence-corrected chi connectivity index (χ0v) is 25.4. The molecule has 11 nitrogen and oxygen atoms in total. The maximum Gasteiger partial charge on any atom is 0.241 e. The van der Waals surface area contributed by atoms with Crippen molar-refractivity contribution in [1.82, 2.24) is 29.6 Å². The lowest BCUT2D eigenvalue weighted by Gasteiger charge is -2.20. The molecule has 0 aliphatic carbocycles. The van der Waals surface area contributed by atoms with Gasteiger partial charge in [-0.1, -0.05) is 12.1 Å². The summed E-state index contributed by atoms with van der Waals surface area (Å²) in [6.07, 6.45) is 6.88. The molecule has 220 valence electrons. The van der Waals surface area contributed by atoms with E-state index in [-0.39, 0.29) is 4.90 Å². The summed E-state index contributed by atoms with van der Waals surface area (Å²) in [5.41, 5.74) is 5.02. The van der Waals surface area contributed by atoms with Crippen molar-refractivity contribution in [2.45, 2.75) is 45.1 Å². The Morgan fingerprint density at radius 2 is 1.51 bits per heavy atom. The lowest BCUT2D eigenvalue weighted by molar-refractivity contribution is 0.491. The van der Waals surface area contributed by atoms with Crippen LogP contribution in [-0.2, 0) is 10.0 Å². The highest BCUT2D eigenvalue weighted by Crippen LogP contribution is 2.27. The van der Waals surface area contributed by atoms with Crippen molar-refractivity contribution >= 4 is 44.8 Å². The standard InChI is InChI=1S/C31H33N9O2S/c1-20-11-12-24(17-27(20)38-29-33-15-13-26(37-29)22-8-7-14-32-19-22)36-30-34-18-21(2)28(39-30)35-23-9-6-10-25(16-23)43(41,42)40-31(3,4)5/h6-19,40H,1-5H3,(H,33,37,38)(H2,34,35,36,39). The van der Waals surface area contributed by atoms with Gasteiger partial charge >= 0.3 is 0 Å². The fourth-order valence-electron chi connectivity index (χ4n) is 4.15. The van der Waals surface area contributed by atoms with Gasteiger partial charge in [-0.15, -0.1) is 0 Å². The van der Waals surface area contributed by atoms with Gasteiger partial charge in [0.05, 0.1) is 10.6 Å². The number of pyridine rings is 1. The Labute approximate surface area is 251 Å². The Kier molecular flexibility index (Phi) is 8.33. The molecule has 0 radical (unpaired) electrons. The molecule has 0 unspecified atom stereocenters. The van der Waals surface area contributed by atoms with Crippen LogP contribution in [0.2, 0.25) is 0 Å². The number of aryl methyl sites for hydroxylation is 2. The van der Waals surface area contributed by atoms with E-state index >= 15 is 0 Å². The molecule has 5 aromatic rings. The summed E-state index contributed by atoms with van der Waals surface area (Å²) < 4.78 is 28.3. The van der Waals surface area contributed by atoms with Crippen molar-refractivity contribution in [3.8, 4) is 11.3 Å². The number of aromatic nitrogens is 5. The summed E-state index contributed by atoms with van der Waals surface area (Å²) in [4.78, 5) is 22.4. The first-order valence-electron chi connectivity index (χ1n) is 13.6. The second kappa shape index (κ2) is 12.1. The van der Waals surface area contributed by atoms with Crippen LogP contribution in [0.15, 0.2) is 90.3 Å². The van der Waals surface area contributed by atoms with Gasteiger partial charge in [-0.05, 0) is 88.7 Å². The minimum absolute atomic E-state index is 0.159. The van der Waals surface area contributed by atoms with Gasteiger partial charge in [0.2, 0.25) is 21.9 Å². The molecule has 4 N–H and O–H groups in total. The van der Waals surface area contributed by atoms with Crippen molar-refractivity contribution < 1.29 is 8.42 Å². The van der Waals surface area contributed by atoms with Crippen LogP contribution in [-0.4, -0.2) is 38.9 Å². The molecular formula is C31H33N9O2S. The topological polar surface area (TPSA) is 147 Å². The maximum absolute atomic E-state index is 12.8. The molecule has 0 amide bonds. The summed E-state index contributed by atoms with van der Waals surface area (Å²) in [5, 5.41) is 9.78. The van der Waals surface area contributed by atoms with E-state index in [1.165, 1.54) is 0 Å². The molecule has 2 aromatic carbocycles. The van der Waals surface area contributed by atoms with Crippen molar-refractivity contribution in [3.05, 3.63) is 96.6 Å². The Bertz CT molecular complexity index is 1860. The van der Waals surface area contributed by atoms with Gasteiger partial charge in [0.1, 0.15) is 5.82 Å². The van der Waals surface area contributed by atoms with Gasteiger partial charge in [-0.25, -0.2) is 28.1 Å². The highest BCUT2D eigenvalue weighted by Gasteiger charge is 2.22. The Balaban J connectivity index is 1.34. The molecular weight excluding hydrogens is 562 g/mol. The molecule has 0 atom stereocenters. The zero-order valence-electron chi connectivity index (χ0n) is 24.5. The summed E-state index contributed by atoms with van der Waals surface area (Å²) in [6, 6.07) is 18.1. The first-order valence-corrected chi connectivity index (χ1v) is 15.1. The van der Waals surface area contributed by atoms with Gasteiger partial charge in [0, 0.05) is 58.5 Å². The largest absolute Gasteiger partial charge is 0.340 e. The molecule has 0 aliphatic heterocycles. The highest BCUT2D eigenvalue weighted by atomic mass is 32.2. The van der Waals surface area contributed by atoms with E-state index in [9.17, 15) is 8.42 Å². The average molecular weight is 596 g/mol. The van der Waals surface area contributed by atoms with Crippen molar-refractivity contribution in [1.29, 1.82) is 0 Å². The quantitative estimate of drug-likeness (QED) is 0.154. The molecule has 43 heavy (non-hydrogen) atoms. The molecule has 3 aromatic heterocycles. The number of nitrogens with one attached hydrogen (secondary N) is 4. The molecule has 0 aliphatic rings. The Morgan fingerprint density at radius 3 is 2.28 bits per heavy atom. The monoisotopic (exact) mass is 595 g/mol. The number of hydrogen-bond donors (Lipinski definition) is 4. The van der Waals surface area contributed by atoms with Gasteiger partial charge < -0.3 is 16.0 Å². The Morgan fingerprint density at radius 1 is 0.721 bits per heavy atom. The predicted octanol–water partition coefficient (Wildman–Crippen LogP) is 6.25. The van der Waals surface area contributed by atoms with Gasteiger partial charge in [0.15, 0.2) is 0 Å². The van der Waals surface area contributed by atoms with Crippen LogP contribution in [0.4, 0.5) is 34.8 Å². The smallest absolute Gasteiger partial charge is 0.241 e. The van der Waals surface area contributed by atoms with Gasteiger partial charge in [-0.3, -0.25) is 4.98 Å². The third-order valence-corrected chi connectivity index (χ3v) is 7.93.